The minimum atomic E-state index is -0.439. The molecule has 0 heterocycles. The van der Waals surface area contributed by atoms with E-state index in [1.54, 1.807) is 12.1 Å². The van der Waals surface area contributed by atoms with Gasteiger partial charge >= 0.3 is 5.69 Å². The second-order valence-electron chi connectivity index (χ2n) is 4.82. The van der Waals surface area contributed by atoms with Crippen molar-refractivity contribution >= 4 is 17.5 Å². The molecule has 0 fully saturated rings. The van der Waals surface area contributed by atoms with Crippen molar-refractivity contribution in [1.82, 2.24) is 0 Å². The van der Waals surface area contributed by atoms with Crippen molar-refractivity contribution in [2.75, 3.05) is 21.2 Å². The summed E-state index contributed by atoms with van der Waals surface area (Å²) < 4.78 is 7.01. The Labute approximate surface area is 123 Å². The second-order valence-corrected chi connectivity index (χ2v) is 4.82. The Kier molecular flexibility index (Phi) is 4.33. The van der Waals surface area contributed by atoms with Crippen LogP contribution in [0, 0.1) is 10.1 Å². The molecule has 2 rings (SSSR count). The number of nitro benzene ring substituents is 1. The van der Waals surface area contributed by atoms with Crippen molar-refractivity contribution in [3.8, 4) is 5.75 Å². The highest BCUT2D eigenvalue weighted by atomic mass is 16.6. The molecule has 0 unspecified atom stereocenters. The Morgan fingerprint density at radius 1 is 1.14 bits per heavy atom. The van der Waals surface area contributed by atoms with Gasteiger partial charge in [0.1, 0.15) is 14.1 Å². The number of allylic oxidation sites excluding steroid dienone is 5. The van der Waals surface area contributed by atoms with Gasteiger partial charge in [0.15, 0.2) is 11.5 Å². The summed E-state index contributed by atoms with van der Waals surface area (Å²) in [6.45, 7) is 0. The van der Waals surface area contributed by atoms with Crippen molar-refractivity contribution in [1.29, 1.82) is 0 Å². The summed E-state index contributed by atoms with van der Waals surface area (Å²) in [7, 11) is 5.38. The molecule has 5 heteroatoms. The van der Waals surface area contributed by atoms with Gasteiger partial charge in [0.05, 0.1) is 12.0 Å². The van der Waals surface area contributed by atoms with E-state index in [2.05, 4.69) is 0 Å². The van der Waals surface area contributed by atoms with Crippen LogP contribution >= 0.6 is 0 Å². The maximum absolute atomic E-state index is 11.0. The number of hydrogen-bond acceptors (Lipinski definition) is 3. The predicted octanol–water partition coefficient (Wildman–Crippen LogP) is 2.83. The Morgan fingerprint density at radius 2 is 1.81 bits per heavy atom. The number of ether oxygens (including phenoxy) is 1. The first-order valence-electron chi connectivity index (χ1n) is 6.46. The monoisotopic (exact) mass is 285 g/mol. The normalized spacial score (nSPS) is 13.3. The highest BCUT2D eigenvalue weighted by Crippen LogP contribution is 2.28. The Balaban J connectivity index is 2.33. The van der Waals surface area contributed by atoms with E-state index in [1.807, 2.05) is 49.1 Å². The molecule has 0 spiro atoms. The fourth-order valence-electron chi connectivity index (χ4n) is 2.00. The first-order valence-corrected chi connectivity index (χ1v) is 6.46. The van der Waals surface area contributed by atoms with Crippen molar-refractivity contribution in [3.63, 3.8) is 0 Å². The third-order valence-corrected chi connectivity index (χ3v) is 3.14. The first kappa shape index (κ1) is 14.7. The molecular weight excluding hydrogens is 268 g/mol. The van der Waals surface area contributed by atoms with E-state index in [1.165, 1.54) is 13.2 Å². The Morgan fingerprint density at radius 3 is 2.33 bits per heavy atom. The summed E-state index contributed by atoms with van der Waals surface area (Å²) in [6.07, 6.45) is 9.86. The summed E-state index contributed by atoms with van der Waals surface area (Å²) in [5.41, 5.74) is 2.82. The minimum absolute atomic E-state index is 0.0313. The van der Waals surface area contributed by atoms with Crippen molar-refractivity contribution in [2.24, 2.45) is 0 Å². The summed E-state index contributed by atoms with van der Waals surface area (Å²) in [4.78, 5) is 10.6. The Bertz CT molecular complexity index is 675. The molecule has 0 amide bonds. The third-order valence-electron chi connectivity index (χ3n) is 3.14. The first-order chi connectivity index (χ1) is 10.0. The lowest BCUT2D eigenvalue weighted by Crippen LogP contribution is -2.09. The van der Waals surface area contributed by atoms with E-state index in [4.69, 9.17) is 4.74 Å². The molecule has 0 saturated heterocycles. The minimum Gasteiger partial charge on any atom is -0.490 e. The molecule has 1 aliphatic rings. The van der Waals surface area contributed by atoms with Crippen molar-refractivity contribution in [3.05, 3.63) is 63.8 Å². The quantitative estimate of drug-likeness (QED) is 0.487. The van der Waals surface area contributed by atoms with Gasteiger partial charge in [-0.25, -0.2) is 4.58 Å². The number of methoxy groups -OCH3 is 1. The predicted molar refractivity (Wildman–Crippen MR) is 83.0 cm³/mol. The number of rotatable bonds is 3. The van der Waals surface area contributed by atoms with Crippen LogP contribution in [-0.2, 0) is 0 Å². The number of benzene rings is 1. The van der Waals surface area contributed by atoms with Crippen LogP contribution < -0.4 is 4.74 Å². The molecule has 1 aliphatic carbocycles. The highest BCUT2D eigenvalue weighted by Gasteiger charge is 2.14. The maximum Gasteiger partial charge on any atom is 0.311 e. The topological polar surface area (TPSA) is 55.4 Å². The molecule has 108 valence electrons. The molecule has 0 N–H and O–H groups in total. The van der Waals surface area contributed by atoms with Gasteiger partial charge in [-0.05, 0) is 35.4 Å². The standard InChI is InChI=1S/C16H17N2O3/c1-17(2)14-7-4-12(5-8-14)10-13-6-9-16(21-3)15(11-13)18(19)20/h4-11H,1-3H3/q+1. The third kappa shape index (κ3) is 3.45. The fraction of sp³-hybridized carbons (Fsp3) is 0.188. The SMILES string of the molecule is COc1ccc(C=C2C=CC(=[N+](C)C)C=C2)cc1[N+](=O)[O-]. The zero-order valence-corrected chi connectivity index (χ0v) is 12.2. The molecule has 0 radical (unpaired) electrons. The van der Waals surface area contributed by atoms with Crippen LogP contribution in [-0.4, -0.2) is 36.4 Å². The molecule has 0 aliphatic heterocycles. The van der Waals surface area contributed by atoms with E-state index in [0.29, 0.717) is 0 Å². The van der Waals surface area contributed by atoms with E-state index in [0.717, 1.165) is 16.8 Å². The molecule has 0 bridgehead atoms. The Hall–Kier alpha value is -2.69. The van der Waals surface area contributed by atoms with Crippen LogP contribution in [0.15, 0.2) is 48.1 Å². The van der Waals surface area contributed by atoms with Crippen LogP contribution in [0.4, 0.5) is 5.69 Å². The zero-order chi connectivity index (χ0) is 15.4. The van der Waals surface area contributed by atoms with Crippen molar-refractivity contribution in [2.45, 2.75) is 0 Å². The van der Waals surface area contributed by atoms with Gasteiger partial charge in [0, 0.05) is 18.2 Å². The lowest BCUT2D eigenvalue weighted by atomic mass is 10.0. The highest BCUT2D eigenvalue weighted by molar-refractivity contribution is 6.02. The van der Waals surface area contributed by atoms with Crippen LogP contribution in [0.1, 0.15) is 5.56 Å². The van der Waals surface area contributed by atoms with Gasteiger partial charge in [0.2, 0.25) is 0 Å². The van der Waals surface area contributed by atoms with Gasteiger partial charge in [-0.3, -0.25) is 10.1 Å². The fourth-order valence-corrected chi connectivity index (χ4v) is 2.00. The zero-order valence-electron chi connectivity index (χ0n) is 12.2. The summed E-state index contributed by atoms with van der Waals surface area (Å²) in [5, 5.41) is 11.0. The van der Waals surface area contributed by atoms with Gasteiger partial charge in [-0.1, -0.05) is 6.07 Å². The number of nitrogens with zero attached hydrogens (tertiary/aromatic N) is 2. The largest absolute Gasteiger partial charge is 0.490 e. The van der Waals surface area contributed by atoms with Crippen LogP contribution in [0.3, 0.4) is 0 Å². The molecule has 0 atom stereocenters. The van der Waals surface area contributed by atoms with E-state index in [9.17, 15) is 10.1 Å². The lowest BCUT2D eigenvalue weighted by molar-refractivity contribution is -0.462. The van der Waals surface area contributed by atoms with Gasteiger partial charge in [0.25, 0.3) is 0 Å². The van der Waals surface area contributed by atoms with E-state index >= 15 is 0 Å². The number of hydrogen-bond donors (Lipinski definition) is 0. The van der Waals surface area contributed by atoms with E-state index < -0.39 is 4.92 Å². The molecular formula is C16H17N2O3+. The lowest BCUT2D eigenvalue weighted by Gasteiger charge is -2.04. The van der Waals surface area contributed by atoms with Gasteiger partial charge < -0.3 is 4.74 Å². The van der Waals surface area contributed by atoms with Gasteiger partial charge in [-0.15, -0.1) is 0 Å². The second kappa shape index (κ2) is 6.17. The van der Waals surface area contributed by atoms with Crippen LogP contribution in [0.5, 0.6) is 5.75 Å². The average Bonchev–Trinajstić information content (AvgIpc) is 2.47. The maximum atomic E-state index is 11.0. The summed E-state index contributed by atoms with van der Waals surface area (Å²) >= 11 is 0. The van der Waals surface area contributed by atoms with Gasteiger partial charge in [-0.2, -0.15) is 0 Å². The molecule has 21 heavy (non-hydrogen) atoms. The van der Waals surface area contributed by atoms with E-state index in [-0.39, 0.29) is 11.4 Å². The van der Waals surface area contributed by atoms with Crippen LogP contribution in [0.2, 0.25) is 0 Å². The summed E-state index contributed by atoms with van der Waals surface area (Å²) in [5.74, 6) is 0.264. The smallest absolute Gasteiger partial charge is 0.311 e. The van der Waals surface area contributed by atoms with Crippen molar-refractivity contribution < 1.29 is 14.2 Å². The molecule has 0 aromatic heterocycles. The molecule has 1 aromatic carbocycles. The van der Waals surface area contributed by atoms with Crippen LogP contribution in [0.25, 0.3) is 6.08 Å². The number of nitro groups is 1. The molecule has 1 aromatic rings. The average molecular weight is 285 g/mol. The summed E-state index contributed by atoms with van der Waals surface area (Å²) in [6, 6.07) is 4.92. The molecule has 5 nitrogen and oxygen atoms in total. The molecule has 0 saturated carbocycles.